The Morgan fingerprint density at radius 3 is 2.75 bits per heavy atom. The van der Waals surface area contributed by atoms with Crippen molar-refractivity contribution in [3.63, 3.8) is 0 Å². The van der Waals surface area contributed by atoms with Crippen molar-refractivity contribution in [2.45, 2.75) is 19.8 Å². The molecule has 12 heavy (non-hydrogen) atoms. The average Bonchev–Trinajstić information content (AvgIpc) is 2.08. The molecule has 0 aliphatic heterocycles. The van der Waals surface area contributed by atoms with Crippen molar-refractivity contribution in [3.8, 4) is 0 Å². The van der Waals surface area contributed by atoms with Crippen molar-refractivity contribution in [1.82, 2.24) is 0 Å². The van der Waals surface area contributed by atoms with Crippen molar-refractivity contribution in [2.24, 2.45) is 5.73 Å². The largest absolute Gasteiger partial charge is 0.330 e. The maximum absolute atomic E-state index is 13.4. The summed E-state index contributed by atoms with van der Waals surface area (Å²) in [6, 6.07) is 5.42. The maximum Gasteiger partial charge on any atom is 0.129 e. The first kappa shape index (κ1) is 9.20. The van der Waals surface area contributed by atoms with Crippen LogP contribution in [0.2, 0.25) is 0 Å². The van der Waals surface area contributed by atoms with Crippen LogP contribution in [-0.4, -0.2) is 6.54 Å². The van der Waals surface area contributed by atoms with Crippen LogP contribution < -0.4 is 5.73 Å². The summed E-state index contributed by atoms with van der Waals surface area (Å²) in [6.45, 7) is 4.18. The third-order valence-electron chi connectivity index (χ3n) is 2.11. The van der Waals surface area contributed by atoms with Gasteiger partial charge in [0, 0.05) is 0 Å². The van der Waals surface area contributed by atoms with Crippen molar-refractivity contribution in [3.05, 3.63) is 35.1 Å². The first-order valence-corrected chi connectivity index (χ1v) is 4.12. The van der Waals surface area contributed by atoms with E-state index in [9.17, 15) is 4.39 Å². The van der Waals surface area contributed by atoms with Crippen LogP contribution in [0.3, 0.4) is 0 Å². The zero-order chi connectivity index (χ0) is 9.14. The molecule has 2 N–H and O–H groups in total. The molecule has 0 aliphatic carbocycles. The summed E-state index contributed by atoms with van der Waals surface area (Å²) in [6.07, 6.45) is 0. The van der Waals surface area contributed by atoms with Crippen LogP contribution in [0.15, 0.2) is 18.2 Å². The Labute approximate surface area is 72.4 Å². The topological polar surface area (TPSA) is 26.0 Å². The van der Waals surface area contributed by atoms with Gasteiger partial charge in [0.15, 0.2) is 0 Å². The predicted octanol–water partition coefficient (Wildman–Crippen LogP) is 2.20. The lowest BCUT2D eigenvalue weighted by atomic mass is 9.99. The van der Waals surface area contributed by atoms with Crippen LogP contribution in [0, 0.1) is 12.7 Å². The van der Waals surface area contributed by atoms with E-state index in [0.717, 1.165) is 5.56 Å². The minimum atomic E-state index is -0.115. The minimum Gasteiger partial charge on any atom is -0.330 e. The number of nitrogens with two attached hydrogens (primary N) is 1. The molecule has 0 radical (unpaired) electrons. The summed E-state index contributed by atoms with van der Waals surface area (Å²) in [5.41, 5.74) is 6.86. The van der Waals surface area contributed by atoms with E-state index < -0.39 is 0 Å². The molecule has 1 atom stereocenters. The van der Waals surface area contributed by atoms with Crippen molar-refractivity contribution >= 4 is 0 Å². The summed E-state index contributed by atoms with van der Waals surface area (Å²) in [7, 11) is 0. The molecule has 1 aromatic rings. The fourth-order valence-electron chi connectivity index (χ4n) is 1.18. The standard InChI is InChI=1S/C10H14FN/c1-7-4-3-5-9(10(7)11)8(2)6-12/h3-5,8H,6,12H2,1-2H3. The minimum absolute atomic E-state index is 0.102. The van der Waals surface area contributed by atoms with Gasteiger partial charge in [-0.2, -0.15) is 0 Å². The van der Waals surface area contributed by atoms with E-state index in [-0.39, 0.29) is 11.7 Å². The molecule has 0 fully saturated rings. The number of aryl methyl sites for hydroxylation is 1. The first-order valence-electron chi connectivity index (χ1n) is 4.12. The van der Waals surface area contributed by atoms with Gasteiger partial charge in [0.25, 0.3) is 0 Å². The lowest BCUT2D eigenvalue weighted by Crippen LogP contribution is -2.10. The number of hydrogen-bond donors (Lipinski definition) is 1. The quantitative estimate of drug-likeness (QED) is 0.718. The van der Waals surface area contributed by atoms with E-state index in [1.165, 1.54) is 0 Å². The zero-order valence-electron chi connectivity index (χ0n) is 7.47. The lowest BCUT2D eigenvalue weighted by molar-refractivity contribution is 0.582. The molecule has 0 aromatic heterocycles. The average molecular weight is 167 g/mol. The van der Waals surface area contributed by atoms with Gasteiger partial charge in [-0.3, -0.25) is 0 Å². The fraction of sp³-hybridized carbons (Fsp3) is 0.400. The van der Waals surface area contributed by atoms with E-state index in [1.54, 1.807) is 19.1 Å². The SMILES string of the molecule is Cc1cccc(C(C)CN)c1F. The first-order chi connectivity index (χ1) is 5.66. The second-order valence-corrected chi connectivity index (χ2v) is 3.11. The molecule has 0 aliphatic rings. The number of rotatable bonds is 2. The van der Waals surface area contributed by atoms with Crippen molar-refractivity contribution in [2.75, 3.05) is 6.54 Å². The van der Waals surface area contributed by atoms with Gasteiger partial charge in [-0.15, -0.1) is 0 Å². The molecule has 0 heterocycles. The second kappa shape index (κ2) is 3.68. The molecule has 1 aromatic carbocycles. The predicted molar refractivity (Wildman–Crippen MR) is 48.6 cm³/mol. The van der Waals surface area contributed by atoms with Crippen molar-refractivity contribution < 1.29 is 4.39 Å². The van der Waals surface area contributed by atoms with Crippen LogP contribution in [0.1, 0.15) is 24.0 Å². The van der Waals surface area contributed by atoms with Crippen LogP contribution in [-0.2, 0) is 0 Å². The van der Waals surface area contributed by atoms with Gasteiger partial charge in [-0.05, 0) is 30.5 Å². The van der Waals surface area contributed by atoms with E-state index >= 15 is 0 Å². The molecule has 0 bridgehead atoms. The monoisotopic (exact) mass is 167 g/mol. The van der Waals surface area contributed by atoms with Gasteiger partial charge in [-0.1, -0.05) is 25.1 Å². The highest BCUT2D eigenvalue weighted by Crippen LogP contribution is 2.19. The second-order valence-electron chi connectivity index (χ2n) is 3.11. The Hall–Kier alpha value is -0.890. The van der Waals surface area contributed by atoms with Crippen LogP contribution >= 0.6 is 0 Å². The third-order valence-corrected chi connectivity index (χ3v) is 2.11. The van der Waals surface area contributed by atoms with E-state index in [2.05, 4.69) is 0 Å². The molecule has 0 spiro atoms. The molecule has 0 saturated carbocycles. The molecule has 0 amide bonds. The van der Waals surface area contributed by atoms with Gasteiger partial charge in [-0.25, -0.2) is 4.39 Å². The molecular formula is C10H14FN. The molecule has 0 saturated heterocycles. The Bertz CT molecular complexity index is 271. The Balaban J connectivity index is 3.07. The lowest BCUT2D eigenvalue weighted by Gasteiger charge is -2.10. The zero-order valence-corrected chi connectivity index (χ0v) is 7.47. The third kappa shape index (κ3) is 1.64. The number of hydrogen-bond acceptors (Lipinski definition) is 1. The Kier molecular flexibility index (Phi) is 2.82. The van der Waals surface area contributed by atoms with E-state index in [4.69, 9.17) is 5.73 Å². The highest BCUT2D eigenvalue weighted by atomic mass is 19.1. The molecule has 1 nitrogen and oxygen atoms in total. The van der Waals surface area contributed by atoms with Gasteiger partial charge < -0.3 is 5.73 Å². The smallest absolute Gasteiger partial charge is 0.129 e. The Morgan fingerprint density at radius 1 is 1.50 bits per heavy atom. The summed E-state index contributed by atoms with van der Waals surface area (Å²) in [5.74, 6) is -0.0136. The number of benzene rings is 1. The van der Waals surface area contributed by atoms with E-state index in [1.807, 2.05) is 13.0 Å². The summed E-state index contributed by atoms with van der Waals surface area (Å²) < 4.78 is 13.4. The maximum atomic E-state index is 13.4. The molecule has 66 valence electrons. The normalized spacial score (nSPS) is 13.0. The summed E-state index contributed by atoms with van der Waals surface area (Å²) in [4.78, 5) is 0. The molecule has 1 rings (SSSR count). The summed E-state index contributed by atoms with van der Waals surface area (Å²) >= 11 is 0. The van der Waals surface area contributed by atoms with Gasteiger partial charge >= 0.3 is 0 Å². The van der Waals surface area contributed by atoms with Gasteiger partial charge in [0.05, 0.1) is 0 Å². The number of halogens is 1. The molecular weight excluding hydrogens is 153 g/mol. The highest BCUT2D eigenvalue weighted by molar-refractivity contribution is 5.27. The Morgan fingerprint density at radius 2 is 2.17 bits per heavy atom. The highest BCUT2D eigenvalue weighted by Gasteiger charge is 2.09. The van der Waals surface area contributed by atoms with Gasteiger partial charge in [0.1, 0.15) is 5.82 Å². The summed E-state index contributed by atoms with van der Waals surface area (Å²) in [5, 5.41) is 0. The molecule has 2 heteroatoms. The van der Waals surface area contributed by atoms with Crippen molar-refractivity contribution in [1.29, 1.82) is 0 Å². The van der Waals surface area contributed by atoms with Crippen LogP contribution in [0.4, 0.5) is 4.39 Å². The van der Waals surface area contributed by atoms with Gasteiger partial charge in [0.2, 0.25) is 0 Å². The fourth-order valence-corrected chi connectivity index (χ4v) is 1.18. The van der Waals surface area contributed by atoms with Crippen LogP contribution in [0.25, 0.3) is 0 Å². The van der Waals surface area contributed by atoms with E-state index in [0.29, 0.717) is 12.1 Å². The molecule has 1 unspecified atom stereocenters. The van der Waals surface area contributed by atoms with Crippen LogP contribution in [0.5, 0.6) is 0 Å².